The highest BCUT2D eigenvalue weighted by Crippen LogP contribution is 2.31. The molecule has 2 atom stereocenters. The third kappa shape index (κ3) is 1.76. The van der Waals surface area contributed by atoms with Crippen LogP contribution in [0.5, 0.6) is 0 Å². The summed E-state index contributed by atoms with van der Waals surface area (Å²) in [6.45, 7) is 2.95. The average molecular weight is 199 g/mol. The molecule has 0 saturated carbocycles. The van der Waals surface area contributed by atoms with Crippen molar-refractivity contribution in [3.63, 3.8) is 0 Å². The summed E-state index contributed by atoms with van der Waals surface area (Å²) in [5.41, 5.74) is 0.879. The first-order valence-corrected chi connectivity index (χ1v) is 5.58. The molecule has 0 amide bonds. The highest BCUT2D eigenvalue weighted by Gasteiger charge is 2.26. The Morgan fingerprint density at radius 3 is 3.08 bits per heavy atom. The second-order valence-electron chi connectivity index (χ2n) is 3.54. The fourth-order valence-corrected chi connectivity index (χ4v) is 2.59. The summed E-state index contributed by atoms with van der Waals surface area (Å²) in [5.74, 6) is 0. The minimum Gasteiger partial charge on any atom is -0.311 e. The van der Waals surface area contributed by atoms with E-state index < -0.39 is 6.17 Å². The van der Waals surface area contributed by atoms with Crippen LogP contribution in [0.1, 0.15) is 29.5 Å². The van der Waals surface area contributed by atoms with Crippen LogP contribution < -0.4 is 5.32 Å². The van der Waals surface area contributed by atoms with Crippen molar-refractivity contribution in [3.05, 3.63) is 21.9 Å². The lowest BCUT2D eigenvalue weighted by atomic mass is 10.0. The molecule has 1 aliphatic rings. The number of hydrogen-bond donors (Lipinski definition) is 1. The van der Waals surface area contributed by atoms with Crippen molar-refractivity contribution in [1.82, 2.24) is 5.32 Å². The lowest BCUT2D eigenvalue weighted by Crippen LogP contribution is -2.26. The first kappa shape index (κ1) is 9.16. The molecule has 13 heavy (non-hydrogen) atoms. The summed E-state index contributed by atoms with van der Waals surface area (Å²) in [6, 6.07) is 1.96. The fourth-order valence-electron chi connectivity index (χ4n) is 1.86. The molecule has 2 unspecified atom stereocenters. The maximum absolute atomic E-state index is 13.9. The first-order chi connectivity index (χ1) is 6.29. The predicted octanol–water partition coefficient (Wildman–Crippen LogP) is 2.82. The molecule has 1 aromatic heterocycles. The Labute approximate surface area is 82.0 Å². The average Bonchev–Trinajstić information content (AvgIpc) is 2.72. The number of hydrogen-bond acceptors (Lipinski definition) is 2. The van der Waals surface area contributed by atoms with Gasteiger partial charge < -0.3 is 5.32 Å². The summed E-state index contributed by atoms with van der Waals surface area (Å²) in [4.78, 5) is 1.11. The van der Waals surface area contributed by atoms with Gasteiger partial charge in [0.1, 0.15) is 6.17 Å². The van der Waals surface area contributed by atoms with Crippen LogP contribution in [0.15, 0.2) is 11.4 Å². The Balaban J connectivity index is 2.12. The summed E-state index contributed by atoms with van der Waals surface area (Å²) in [6.07, 6.45) is 1.26. The fraction of sp³-hybridized carbons (Fsp3) is 0.600. The zero-order valence-electron chi connectivity index (χ0n) is 7.72. The molecule has 1 aliphatic heterocycles. The predicted molar refractivity (Wildman–Crippen MR) is 53.9 cm³/mol. The Morgan fingerprint density at radius 2 is 2.54 bits per heavy atom. The van der Waals surface area contributed by atoms with Crippen LogP contribution >= 0.6 is 11.3 Å². The Bertz CT molecular complexity index is 278. The minimum absolute atomic E-state index is 0.0494. The van der Waals surface area contributed by atoms with E-state index in [1.807, 2.05) is 18.4 Å². The quantitative estimate of drug-likeness (QED) is 0.772. The van der Waals surface area contributed by atoms with Crippen molar-refractivity contribution in [1.29, 1.82) is 0 Å². The highest BCUT2D eigenvalue weighted by atomic mass is 32.1. The van der Waals surface area contributed by atoms with Crippen molar-refractivity contribution in [2.45, 2.75) is 32.0 Å². The highest BCUT2D eigenvalue weighted by molar-refractivity contribution is 7.10. The van der Waals surface area contributed by atoms with Gasteiger partial charge in [-0.05, 0) is 37.8 Å². The molecule has 1 fully saturated rings. The standard InChI is InChI=1S/C10H14FNS/c1-7-8(4-6-13-7)10(11)9-3-2-5-12-9/h4,6,9-10,12H,2-3,5H2,1H3. The molecule has 1 aromatic rings. The summed E-state index contributed by atoms with van der Waals surface area (Å²) in [5, 5.41) is 5.17. The van der Waals surface area contributed by atoms with E-state index in [-0.39, 0.29) is 6.04 Å². The number of alkyl halides is 1. The van der Waals surface area contributed by atoms with Gasteiger partial charge in [-0.15, -0.1) is 11.3 Å². The van der Waals surface area contributed by atoms with Crippen LogP contribution in [-0.2, 0) is 0 Å². The maximum atomic E-state index is 13.9. The van der Waals surface area contributed by atoms with Crippen molar-refractivity contribution in [3.8, 4) is 0 Å². The van der Waals surface area contributed by atoms with Crippen LogP contribution in [0, 0.1) is 6.92 Å². The molecule has 72 valence electrons. The molecular formula is C10H14FNS. The van der Waals surface area contributed by atoms with Gasteiger partial charge >= 0.3 is 0 Å². The van der Waals surface area contributed by atoms with Crippen LogP contribution in [0.3, 0.4) is 0 Å². The normalized spacial score (nSPS) is 24.9. The lowest BCUT2D eigenvalue weighted by Gasteiger charge is -2.15. The largest absolute Gasteiger partial charge is 0.311 e. The molecule has 0 bridgehead atoms. The molecule has 1 N–H and O–H groups in total. The van der Waals surface area contributed by atoms with Gasteiger partial charge in [0.05, 0.1) is 0 Å². The Kier molecular flexibility index (Phi) is 2.65. The van der Waals surface area contributed by atoms with Crippen molar-refractivity contribution < 1.29 is 4.39 Å². The molecule has 1 nitrogen and oxygen atoms in total. The molecular weight excluding hydrogens is 185 g/mol. The van der Waals surface area contributed by atoms with Crippen molar-refractivity contribution >= 4 is 11.3 Å². The lowest BCUT2D eigenvalue weighted by molar-refractivity contribution is 0.271. The van der Waals surface area contributed by atoms with Gasteiger partial charge in [-0.25, -0.2) is 4.39 Å². The van der Waals surface area contributed by atoms with Crippen LogP contribution in [-0.4, -0.2) is 12.6 Å². The van der Waals surface area contributed by atoms with E-state index in [2.05, 4.69) is 5.32 Å². The van der Waals surface area contributed by atoms with Crippen LogP contribution in [0.4, 0.5) is 4.39 Å². The third-order valence-corrected chi connectivity index (χ3v) is 3.51. The van der Waals surface area contributed by atoms with Gasteiger partial charge in [0.25, 0.3) is 0 Å². The van der Waals surface area contributed by atoms with Gasteiger partial charge in [-0.2, -0.15) is 0 Å². The van der Waals surface area contributed by atoms with Gasteiger partial charge in [0, 0.05) is 16.5 Å². The number of aryl methyl sites for hydroxylation is 1. The molecule has 0 radical (unpaired) electrons. The summed E-state index contributed by atoms with van der Waals surface area (Å²) < 4.78 is 13.9. The van der Waals surface area contributed by atoms with Crippen molar-refractivity contribution in [2.24, 2.45) is 0 Å². The number of halogens is 1. The van der Waals surface area contributed by atoms with E-state index >= 15 is 0 Å². The molecule has 1 saturated heterocycles. The molecule has 2 heterocycles. The molecule has 2 rings (SSSR count). The molecule has 0 aromatic carbocycles. The number of rotatable bonds is 2. The summed E-state index contributed by atoms with van der Waals surface area (Å²) >= 11 is 1.62. The zero-order valence-corrected chi connectivity index (χ0v) is 8.53. The molecule has 0 aliphatic carbocycles. The minimum atomic E-state index is -0.811. The molecule has 0 spiro atoms. The topological polar surface area (TPSA) is 12.0 Å². The third-order valence-electron chi connectivity index (χ3n) is 2.65. The number of thiophene rings is 1. The first-order valence-electron chi connectivity index (χ1n) is 4.70. The number of nitrogens with one attached hydrogen (secondary N) is 1. The van der Waals surface area contributed by atoms with E-state index in [0.29, 0.717) is 0 Å². The van der Waals surface area contributed by atoms with Crippen molar-refractivity contribution in [2.75, 3.05) is 6.54 Å². The van der Waals surface area contributed by atoms with Gasteiger partial charge in [-0.3, -0.25) is 0 Å². The second-order valence-corrected chi connectivity index (χ2v) is 4.66. The van der Waals surface area contributed by atoms with E-state index in [0.717, 1.165) is 29.8 Å². The van der Waals surface area contributed by atoms with E-state index in [4.69, 9.17) is 0 Å². The summed E-state index contributed by atoms with van der Waals surface area (Å²) in [7, 11) is 0. The SMILES string of the molecule is Cc1sccc1C(F)C1CCCN1. The maximum Gasteiger partial charge on any atom is 0.141 e. The smallest absolute Gasteiger partial charge is 0.141 e. The van der Waals surface area contributed by atoms with Crippen LogP contribution in [0.2, 0.25) is 0 Å². The van der Waals surface area contributed by atoms with Gasteiger partial charge in [-0.1, -0.05) is 0 Å². The van der Waals surface area contributed by atoms with Crippen LogP contribution in [0.25, 0.3) is 0 Å². The monoisotopic (exact) mass is 199 g/mol. The second kappa shape index (κ2) is 3.76. The zero-order chi connectivity index (χ0) is 9.26. The van der Waals surface area contributed by atoms with Gasteiger partial charge in [0.2, 0.25) is 0 Å². The van der Waals surface area contributed by atoms with E-state index in [1.165, 1.54) is 0 Å². The Morgan fingerprint density at radius 1 is 1.69 bits per heavy atom. The van der Waals surface area contributed by atoms with E-state index in [9.17, 15) is 4.39 Å². The Hall–Kier alpha value is -0.410. The van der Waals surface area contributed by atoms with E-state index in [1.54, 1.807) is 11.3 Å². The van der Waals surface area contributed by atoms with Gasteiger partial charge in [0.15, 0.2) is 0 Å². The molecule has 3 heteroatoms.